The molecule has 2 unspecified atom stereocenters. The predicted octanol–water partition coefficient (Wildman–Crippen LogP) is 3.99. The Morgan fingerprint density at radius 2 is 1.89 bits per heavy atom. The van der Waals surface area contributed by atoms with Crippen LogP contribution in [0.3, 0.4) is 0 Å². The largest absolute Gasteiger partial charge is 0.314 e. The minimum atomic E-state index is -0.464. The van der Waals surface area contributed by atoms with Gasteiger partial charge in [0.25, 0.3) is 0 Å². The van der Waals surface area contributed by atoms with Gasteiger partial charge in [-0.25, -0.2) is 8.78 Å². The summed E-state index contributed by atoms with van der Waals surface area (Å²) in [5.74, 6) is -0.638. The van der Waals surface area contributed by atoms with Crippen molar-refractivity contribution in [1.82, 2.24) is 5.32 Å². The summed E-state index contributed by atoms with van der Waals surface area (Å²) in [6, 6.07) is 4.40. The highest BCUT2D eigenvalue weighted by atomic mass is 19.1. The molecule has 0 aliphatic heterocycles. The van der Waals surface area contributed by atoms with E-state index in [-0.39, 0.29) is 0 Å². The third-order valence-corrected chi connectivity index (χ3v) is 3.71. The SMILES string of the molecule is CCCNC1CCCC(c2cc(F)cc(F)c2)C1. The van der Waals surface area contributed by atoms with Crippen molar-refractivity contribution in [1.29, 1.82) is 0 Å². The molecule has 100 valence electrons. The van der Waals surface area contributed by atoms with E-state index in [1.807, 2.05) is 0 Å². The molecule has 0 aromatic heterocycles. The molecule has 1 N–H and O–H groups in total. The lowest BCUT2D eigenvalue weighted by molar-refractivity contribution is 0.339. The molecule has 1 aromatic carbocycles. The second-order valence-corrected chi connectivity index (χ2v) is 5.22. The van der Waals surface area contributed by atoms with E-state index in [0.29, 0.717) is 12.0 Å². The number of halogens is 2. The molecule has 1 nitrogen and oxygen atoms in total. The lowest BCUT2D eigenvalue weighted by Gasteiger charge is -2.30. The first-order valence-electron chi connectivity index (χ1n) is 6.88. The Bertz CT molecular complexity index is 372. The maximum absolute atomic E-state index is 13.2. The standard InChI is InChI=1S/C15H21F2N/c1-2-6-18-15-5-3-4-11(9-15)12-7-13(16)10-14(17)8-12/h7-8,10-11,15,18H,2-6,9H2,1H3. The van der Waals surface area contributed by atoms with Crippen molar-refractivity contribution < 1.29 is 8.78 Å². The van der Waals surface area contributed by atoms with Crippen LogP contribution in [0.15, 0.2) is 18.2 Å². The molecule has 1 aromatic rings. The molecule has 0 bridgehead atoms. The van der Waals surface area contributed by atoms with Gasteiger partial charge >= 0.3 is 0 Å². The monoisotopic (exact) mass is 253 g/mol. The minimum absolute atomic E-state index is 0.290. The Labute approximate surface area is 108 Å². The Kier molecular flexibility index (Phi) is 4.70. The van der Waals surface area contributed by atoms with Crippen LogP contribution >= 0.6 is 0 Å². The van der Waals surface area contributed by atoms with Gasteiger partial charge in [-0.1, -0.05) is 13.3 Å². The molecule has 2 rings (SSSR count). The van der Waals surface area contributed by atoms with Crippen molar-refractivity contribution >= 4 is 0 Å². The molecule has 1 saturated carbocycles. The third-order valence-electron chi connectivity index (χ3n) is 3.71. The van der Waals surface area contributed by atoms with Gasteiger partial charge in [-0.3, -0.25) is 0 Å². The van der Waals surface area contributed by atoms with Gasteiger partial charge < -0.3 is 5.32 Å². The van der Waals surface area contributed by atoms with Crippen LogP contribution in [0.5, 0.6) is 0 Å². The topological polar surface area (TPSA) is 12.0 Å². The zero-order valence-electron chi connectivity index (χ0n) is 10.9. The van der Waals surface area contributed by atoms with Crippen molar-refractivity contribution in [3.63, 3.8) is 0 Å². The van der Waals surface area contributed by atoms with E-state index in [1.165, 1.54) is 18.6 Å². The average molecular weight is 253 g/mol. The van der Waals surface area contributed by atoms with Gasteiger partial charge in [0.05, 0.1) is 0 Å². The van der Waals surface area contributed by atoms with Crippen molar-refractivity contribution in [2.75, 3.05) is 6.54 Å². The summed E-state index contributed by atoms with van der Waals surface area (Å²) in [7, 11) is 0. The first kappa shape index (κ1) is 13.5. The first-order valence-corrected chi connectivity index (χ1v) is 6.88. The molecule has 3 heteroatoms. The normalized spacial score (nSPS) is 24.2. The fraction of sp³-hybridized carbons (Fsp3) is 0.600. The highest BCUT2D eigenvalue weighted by Gasteiger charge is 2.23. The van der Waals surface area contributed by atoms with Gasteiger partial charge in [-0.2, -0.15) is 0 Å². The lowest BCUT2D eigenvalue weighted by Crippen LogP contribution is -2.34. The van der Waals surface area contributed by atoms with E-state index < -0.39 is 11.6 Å². The smallest absolute Gasteiger partial charge is 0.126 e. The molecule has 1 aliphatic carbocycles. The highest BCUT2D eigenvalue weighted by molar-refractivity contribution is 5.22. The zero-order valence-corrected chi connectivity index (χ0v) is 10.9. The second kappa shape index (κ2) is 6.28. The van der Waals surface area contributed by atoms with E-state index in [0.717, 1.165) is 43.9 Å². The van der Waals surface area contributed by atoms with Crippen LogP contribution in [-0.4, -0.2) is 12.6 Å². The van der Waals surface area contributed by atoms with Crippen LogP contribution in [0, 0.1) is 11.6 Å². The lowest BCUT2D eigenvalue weighted by atomic mass is 9.81. The molecular weight excluding hydrogens is 232 g/mol. The fourth-order valence-electron chi connectivity index (χ4n) is 2.84. The maximum atomic E-state index is 13.2. The summed E-state index contributed by atoms with van der Waals surface area (Å²) in [6.45, 7) is 3.17. The van der Waals surface area contributed by atoms with Gasteiger partial charge in [-0.05, 0) is 55.8 Å². The van der Waals surface area contributed by atoms with E-state index in [1.54, 1.807) is 0 Å². The van der Waals surface area contributed by atoms with Crippen LogP contribution in [0.4, 0.5) is 8.78 Å². The molecule has 0 spiro atoms. The van der Waals surface area contributed by atoms with Crippen molar-refractivity contribution in [3.8, 4) is 0 Å². The van der Waals surface area contributed by atoms with Crippen LogP contribution in [0.2, 0.25) is 0 Å². The number of nitrogens with one attached hydrogen (secondary N) is 1. The van der Waals surface area contributed by atoms with Gasteiger partial charge in [0.15, 0.2) is 0 Å². The molecular formula is C15H21F2N. The molecule has 2 atom stereocenters. The Morgan fingerprint density at radius 1 is 1.17 bits per heavy atom. The number of benzene rings is 1. The number of rotatable bonds is 4. The first-order chi connectivity index (χ1) is 8.69. The van der Waals surface area contributed by atoms with Gasteiger partial charge in [0.2, 0.25) is 0 Å². The van der Waals surface area contributed by atoms with E-state index in [9.17, 15) is 8.78 Å². The number of hydrogen-bond donors (Lipinski definition) is 1. The molecule has 0 amide bonds. The van der Waals surface area contributed by atoms with E-state index in [4.69, 9.17) is 0 Å². The third kappa shape index (κ3) is 3.52. The molecule has 18 heavy (non-hydrogen) atoms. The Morgan fingerprint density at radius 3 is 2.56 bits per heavy atom. The quantitative estimate of drug-likeness (QED) is 0.855. The molecule has 1 fully saturated rings. The molecule has 0 saturated heterocycles. The van der Waals surface area contributed by atoms with Crippen LogP contribution in [-0.2, 0) is 0 Å². The Balaban J connectivity index is 2.03. The van der Waals surface area contributed by atoms with Crippen LogP contribution in [0.1, 0.15) is 50.5 Å². The van der Waals surface area contributed by atoms with E-state index in [2.05, 4.69) is 12.2 Å². The van der Waals surface area contributed by atoms with Crippen LogP contribution < -0.4 is 5.32 Å². The summed E-state index contributed by atoms with van der Waals surface area (Å²) in [4.78, 5) is 0. The summed E-state index contributed by atoms with van der Waals surface area (Å²) in [5, 5.41) is 3.51. The molecule has 0 radical (unpaired) electrons. The average Bonchev–Trinajstić information content (AvgIpc) is 2.35. The van der Waals surface area contributed by atoms with E-state index >= 15 is 0 Å². The highest BCUT2D eigenvalue weighted by Crippen LogP contribution is 2.33. The summed E-state index contributed by atoms with van der Waals surface area (Å²) >= 11 is 0. The maximum Gasteiger partial charge on any atom is 0.126 e. The zero-order chi connectivity index (χ0) is 13.0. The summed E-state index contributed by atoms with van der Waals surface area (Å²) in [5.41, 5.74) is 0.815. The van der Waals surface area contributed by atoms with Crippen molar-refractivity contribution in [3.05, 3.63) is 35.4 Å². The Hall–Kier alpha value is -0.960. The van der Waals surface area contributed by atoms with Crippen LogP contribution in [0.25, 0.3) is 0 Å². The van der Waals surface area contributed by atoms with Gasteiger partial charge in [0, 0.05) is 12.1 Å². The van der Waals surface area contributed by atoms with Gasteiger partial charge in [0.1, 0.15) is 11.6 Å². The second-order valence-electron chi connectivity index (χ2n) is 5.22. The molecule has 0 heterocycles. The fourth-order valence-corrected chi connectivity index (χ4v) is 2.84. The summed E-state index contributed by atoms with van der Waals surface area (Å²) in [6.07, 6.45) is 5.45. The minimum Gasteiger partial charge on any atom is -0.314 e. The predicted molar refractivity (Wildman–Crippen MR) is 69.6 cm³/mol. The molecule has 1 aliphatic rings. The van der Waals surface area contributed by atoms with Crippen molar-refractivity contribution in [2.45, 2.75) is 51.0 Å². The van der Waals surface area contributed by atoms with Gasteiger partial charge in [-0.15, -0.1) is 0 Å². The summed E-state index contributed by atoms with van der Waals surface area (Å²) < 4.78 is 26.5. The number of hydrogen-bond acceptors (Lipinski definition) is 1. The van der Waals surface area contributed by atoms with Crippen molar-refractivity contribution in [2.24, 2.45) is 0 Å².